The lowest BCUT2D eigenvalue weighted by atomic mass is 10.00. The zero-order valence-electron chi connectivity index (χ0n) is 11.2. The fourth-order valence-corrected chi connectivity index (χ4v) is 2.58. The Hall–Kier alpha value is -1.59. The van der Waals surface area contributed by atoms with Gasteiger partial charge in [-0.15, -0.1) is 0 Å². The van der Waals surface area contributed by atoms with Gasteiger partial charge in [0.05, 0.1) is 18.6 Å². The number of methoxy groups -OCH3 is 1. The van der Waals surface area contributed by atoms with E-state index in [1.54, 1.807) is 19.2 Å². The van der Waals surface area contributed by atoms with Crippen molar-refractivity contribution in [2.45, 2.75) is 18.8 Å². The highest BCUT2D eigenvalue weighted by Gasteiger charge is 2.22. The molecule has 1 N–H and O–H groups in total. The molecule has 106 valence electrons. The number of nitrogens with one attached hydrogen (secondary N) is 1. The average Bonchev–Trinajstić information content (AvgIpc) is 2.97. The summed E-state index contributed by atoms with van der Waals surface area (Å²) in [5.74, 6) is 2.17. The molecule has 0 aliphatic carbocycles. The maximum Gasteiger partial charge on any atom is 0.231 e. The van der Waals surface area contributed by atoms with Gasteiger partial charge in [-0.2, -0.15) is 4.98 Å². The van der Waals surface area contributed by atoms with Gasteiger partial charge in [0.2, 0.25) is 11.7 Å². The van der Waals surface area contributed by atoms with Crippen molar-refractivity contribution in [2.75, 3.05) is 20.2 Å². The predicted molar refractivity (Wildman–Crippen MR) is 76.1 cm³/mol. The summed E-state index contributed by atoms with van der Waals surface area (Å²) in [5.41, 5.74) is 0.788. The van der Waals surface area contributed by atoms with Crippen molar-refractivity contribution in [3.05, 3.63) is 29.1 Å². The Balaban J connectivity index is 1.89. The summed E-state index contributed by atoms with van der Waals surface area (Å²) in [6.07, 6.45) is 2.21. The van der Waals surface area contributed by atoms with Crippen LogP contribution < -0.4 is 10.1 Å². The van der Waals surface area contributed by atoms with Crippen LogP contribution in [0.4, 0.5) is 0 Å². The Morgan fingerprint density at radius 1 is 1.45 bits per heavy atom. The van der Waals surface area contributed by atoms with E-state index in [0.717, 1.165) is 31.5 Å². The third kappa shape index (κ3) is 2.64. The van der Waals surface area contributed by atoms with E-state index in [-0.39, 0.29) is 0 Å². The summed E-state index contributed by atoms with van der Waals surface area (Å²) in [7, 11) is 1.60. The number of hydrogen-bond acceptors (Lipinski definition) is 5. The quantitative estimate of drug-likeness (QED) is 0.943. The zero-order chi connectivity index (χ0) is 13.9. The summed E-state index contributed by atoms with van der Waals surface area (Å²) in [5, 5.41) is 8.02. The van der Waals surface area contributed by atoms with Crippen LogP contribution in [0.1, 0.15) is 24.7 Å². The van der Waals surface area contributed by atoms with Gasteiger partial charge < -0.3 is 14.6 Å². The largest absolute Gasteiger partial charge is 0.496 e. The molecule has 1 saturated heterocycles. The second-order valence-electron chi connectivity index (χ2n) is 4.84. The molecule has 0 bridgehead atoms. The first-order valence-electron chi connectivity index (χ1n) is 6.66. The molecule has 2 heterocycles. The van der Waals surface area contributed by atoms with Gasteiger partial charge in [0.1, 0.15) is 5.75 Å². The highest BCUT2D eigenvalue weighted by Crippen LogP contribution is 2.32. The standard InChI is InChI=1S/C14H16ClN3O2/c1-19-12-7-10(15)4-5-11(12)13-17-14(20-18-13)9-3-2-6-16-8-9/h4-5,7,9,16H,2-3,6,8H2,1H3/t9-/m0/s1. The van der Waals surface area contributed by atoms with E-state index in [1.807, 2.05) is 6.07 Å². The minimum Gasteiger partial charge on any atom is -0.496 e. The van der Waals surface area contributed by atoms with Crippen molar-refractivity contribution in [1.29, 1.82) is 0 Å². The van der Waals surface area contributed by atoms with Crippen LogP contribution in [0.3, 0.4) is 0 Å². The van der Waals surface area contributed by atoms with Crippen molar-refractivity contribution in [3.63, 3.8) is 0 Å². The fraction of sp³-hybridized carbons (Fsp3) is 0.429. The molecule has 1 fully saturated rings. The molecule has 2 aromatic rings. The van der Waals surface area contributed by atoms with Crippen LogP contribution in [0.15, 0.2) is 22.7 Å². The van der Waals surface area contributed by atoms with Crippen molar-refractivity contribution < 1.29 is 9.26 Å². The minimum absolute atomic E-state index is 0.295. The topological polar surface area (TPSA) is 60.2 Å². The summed E-state index contributed by atoms with van der Waals surface area (Å²) >= 11 is 5.96. The van der Waals surface area contributed by atoms with Crippen molar-refractivity contribution >= 4 is 11.6 Å². The molecule has 1 aliphatic heterocycles. The van der Waals surface area contributed by atoms with Crippen LogP contribution in [0, 0.1) is 0 Å². The summed E-state index contributed by atoms with van der Waals surface area (Å²) in [6.45, 7) is 1.95. The predicted octanol–water partition coefficient (Wildman–Crippen LogP) is 2.87. The first kappa shape index (κ1) is 13.4. The Kier molecular flexibility index (Phi) is 3.89. The molecule has 1 atom stereocenters. The van der Waals surface area contributed by atoms with E-state index >= 15 is 0 Å². The molecule has 1 aliphatic rings. The maximum absolute atomic E-state index is 5.96. The summed E-state index contributed by atoms with van der Waals surface area (Å²) < 4.78 is 10.7. The molecule has 5 nitrogen and oxygen atoms in total. The molecular formula is C14H16ClN3O2. The Bertz CT molecular complexity index is 594. The van der Waals surface area contributed by atoms with Crippen molar-refractivity contribution in [3.8, 4) is 17.1 Å². The van der Waals surface area contributed by atoms with Gasteiger partial charge in [-0.1, -0.05) is 16.8 Å². The Labute approximate surface area is 122 Å². The van der Waals surface area contributed by atoms with Gasteiger partial charge in [-0.3, -0.25) is 0 Å². The van der Waals surface area contributed by atoms with E-state index in [2.05, 4.69) is 15.5 Å². The SMILES string of the molecule is COc1cc(Cl)ccc1-c1noc([C@H]2CCCNC2)n1. The number of rotatable bonds is 3. The van der Waals surface area contributed by atoms with E-state index < -0.39 is 0 Å². The number of piperidine rings is 1. The summed E-state index contributed by atoms with van der Waals surface area (Å²) in [6, 6.07) is 5.38. The van der Waals surface area contributed by atoms with Crippen molar-refractivity contribution in [2.24, 2.45) is 0 Å². The minimum atomic E-state index is 0.295. The molecule has 0 unspecified atom stereocenters. The van der Waals surface area contributed by atoms with Gasteiger partial charge in [0.25, 0.3) is 0 Å². The number of ether oxygens (including phenoxy) is 1. The van der Waals surface area contributed by atoms with Crippen molar-refractivity contribution in [1.82, 2.24) is 15.5 Å². The second-order valence-corrected chi connectivity index (χ2v) is 5.28. The lowest BCUT2D eigenvalue weighted by molar-refractivity contribution is 0.322. The number of nitrogens with zero attached hydrogens (tertiary/aromatic N) is 2. The van der Waals surface area contributed by atoms with Crippen LogP contribution in [0.2, 0.25) is 5.02 Å². The molecule has 6 heteroatoms. The molecule has 1 aromatic heterocycles. The fourth-order valence-electron chi connectivity index (χ4n) is 2.42. The van der Waals surface area contributed by atoms with E-state index in [0.29, 0.717) is 28.4 Å². The van der Waals surface area contributed by atoms with Gasteiger partial charge >= 0.3 is 0 Å². The number of halogens is 1. The highest BCUT2D eigenvalue weighted by molar-refractivity contribution is 6.30. The molecule has 0 saturated carbocycles. The van der Waals surface area contributed by atoms with Crippen LogP contribution in [0.25, 0.3) is 11.4 Å². The van der Waals surface area contributed by atoms with Crippen LogP contribution >= 0.6 is 11.6 Å². The maximum atomic E-state index is 5.96. The first-order chi connectivity index (χ1) is 9.78. The van der Waals surface area contributed by atoms with Gasteiger partial charge in [0, 0.05) is 11.6 Å². The Morgan fingerprint density at radius 3 is 3.10 bits per heavy atom. The van der Waals surface area contributed by atoms with E-state index in [1.165, 1.54) is 0 Å². The van der Waals surface area contributed by atoms with Gasteiger partial charge in [-0.05, 0) is 37.6 Å². The van der Waals surface area contributed by atoms with Crippen LogP contribution in [-0.4, -0.2) is 30.3 Å². The van der Waals surface area contributed by atoms with Crippen LogP contribution in [0.5, 0.6) is 5.75 Å². The molecule has 20 heavy (non-hydrogen) atoms. The number of aromatic nitrogens is 2. The van der Waals surface area contributed by atoms with E-state index in [9.17, 15) is 0 Å². The molecule has 3 rings (SSSR count). The average molecular weight is 294 g/mol. The third-order valence-corrected chi connectivity index (χ3v) is 3.73. The highest BCUT2D eigenvalue weighted by atomic mass is 35.5. The third-order valence-electron chi connectivity index (χ3n) is 3.49. The number of hydrogen-bond donors (Lipinski definition) is 1. The lowest BCUT2D eigenvalue weighted by Gasteiger charge is -2.18. The smallest absolute Gasteiger partial charge is 0.231 e. The molecule has 1 aromatic carbocycles. The molecule has 0 spiro atoms. The Morgan fingerprint density at radius 2 is 2.35 bits per heavy atom. The second kappa shape index (κ2) is 5.81. The molecular weight excluding hydrogens is 278 g/mol. The van der Waals surface area contributed by atoms with Crippen LogP contribution in [-0.2, 0) is 0 Å². The first-order valence-corrected chi connectivity index (χ1v) is 7.04. The monoisotopic (exact) mass is 293 g/mol. The molecule has 0 radical (unpaired) electrons. The molecule has 0 amide bonds. The normalized spacial score (nSPS) is 19.0. The van der Waals surface area contributed by atoms with Gasteiger partial charge in [0.15, 0.2) is 0 Å². The summed E-state index contributed by atoms with van der Waals surface area (Å²) in [4.78, 5) is 4.50. The zero-order valence-corrected chi connectivity index (χ0v) is 12.0. The number of benzene rings is 1. The van der Waals surface area contributed by atoms with Gasteiger partial charge in [-0.25, -0.2) is 0 Å². The van der Waals surface area contributed by atoms with E-state index in [4.69, 9.17) is 20.9 Å². The lowest BCUT2D eigenvalue weighted by Crippen LogP contribution is -2.28.